The number of unbranched alkanes of at least 4 members (excludes halogenated alkanes) is 1. The summed E-state index contributed by atoms with van der Waals surface area (Å²) < 4.78 is 162. The van der Waals surface area contributed by atoms with E-state index in [0.717, 1.165) is 60.9 Å². The van der Waals surface area contributed by atoms with Crippen molar-refractivity contribution < 1.29 is 75.8 Å². The van der Waals surface area contributed by atoms with Gasteiger partial charge in [0.15, 0.2) is 0 Å². The zero-order valence-corrected chi connectivity index (χ0v) is 76.7. The Balaban J connectivity index is 0.00000127. The number of aldehydes is 1. The molecular formula is C76H85BrClF9I5LiN8O4S3. The minimum atomic E-state index is -4.51. The molecule has 0 spiro atoms. The van der Waals surface area contributed by atoms with Gasteiger partial charge in [-0.3, -0.25) is 29.1 Å². The van der Waals surface area contributed by atoms with E-state index in [4.69, 9.17) is 16.6 Å². The van der Waals surface area contributed by atoms with Crippen LogP contribution in [-0.2, 0) is 51.3 Å². The van der Waals surface area contributed by atoms with Gasteiger partial charge in [-0.15, -0.1) is 12.4 Å². The number of halogens is 16. The molecule has 32 heteroatoms. The second-order valence-electron chi connectivity index (χ2n) is 25.3. The Morgan fingerprint density at radius 3 is 1.06 bits per heavy atom. The molecule has 4 aromatic heterocycles. The average Bonchev–Trinajstić information content (AvgIpc) is 0.838. The molecule has 108 heavy (non-hydrogen) atoms. The van der Waals surface area contributed by atoms with E-state index >= 15 is 0 Å². The third kappa shape index (κ3) is 40.2. The molecule has 584 valence electrons. The molecule has 0 aliphatic heterocycles. The number of carbonyl (C=O) groups is 1. The van der Waals surface area contributed by atoms with Gasteiger partial charge in [-0.1, -0.05) is 80.1 Å². The van der Waals surface area contributed by atoms with Crippen molar-refractivity contribution >= 4 is 187 Å². The number of aromatic nitrogens is 4. The Kier molecular flexibility index (Phi) is 49.3. The first-order valence-electron chi connectivity index (χ1n) is 31.8. The normalized spacial score (nSPS) is 12.9. The maximum Gasteiger partial charge on any atom is 1.00 e. The second kappa shape index (κ2) is 50.9. The number of hydrogen-bond donors (Lipinski definition) is 3. The predicted molar refractivity (Wildman–Crippen MR) is 467 cm³/mol. The minimum absolute atomic E-state index is 0. The molecule has 6 unspecified atom stereocenters. The molecule has 12 nitrogen and oxygen atoms in total. The van der Waals surface area contributed by atoms with E-state index in [2.05, 4.69) is 167 Å². The summed E-state index contributed by atoms with van der Waals surface area (Å²) in [5.41, 5.74) is 13.8. The van der Waals surface area contributed by atoms with Gasteiger partial charge in [0.1, 0.15) is 21.9 Å². The molecule has 0 bridgehead atoms. The molecule has 6 atom stereocenters. The standard InChI is InChI=1S/C18H19F3INOS.2C13H10F3IN2.C11H14INOS.C7H5IO.C6H6BrN.C4H11NOS.C4H9.ClH.Li/c1-17(2,3)25(24)11-14(12-6-8-13(22)9-7-12)16-15(18(19,20)21)5-4-10-23-16;2*14-13(15,16)10-2-1-7-19-12(10)11(18)8-3-5-9(17)6-4-8;1-11(2,3)15(14)13-8-9-4-6-10(12)7-5-9;8-7-3-1-6(5-9)2-4-7;1-5-3-2-4-8-6(5)7;1-4(2,3)7(5)6;1-3-4-2;;/h4-10,14H,11H2,1-3H3;2*1-7,11H,18H2;4-8H,1-3H3;1-5H;2-4H,1H3;5H2,1-3H3;1,3-4H2,2H3;1H;/q;;;;;;;-1;;+1. The molecule has 9 rings (SSSR count). The summed E-state index contributed by atoms with van der Waals surface area (Å²) in [4.78, 5) is 25.7. The zero-order chi connectivity index (χ0) is 80.6. The Labute approximate surface area is 731 Å². The van der Waals surface area contributed by atoms with E-state index in [1.54, 1.807) is 85.2 Å². The maximum atomic E-state index is 13.4. The van der Waals surface area contributed by atoms with Gasteiger partial charge >= 0.3 is 37.4 Å². The Morgan fingerprint density at radius 1 is 0.491 bits per heavy atom. The molecule has 0 saturated heterocycles. The number of aryl methyl sites for hydroxylation is 1. The Hall–Kier alpha value is -3.24. The number of carbonyl (C=O) groups excluding carboxylic acids is 1. The molecule has 0 amide bonds. The van der Waals surface area contributed by atoms with Gasteiger partial charge in [-0.2, -0.15) is 50.3 Å². The first-order chi connectivity index (χ1) is 49.2. The van der Waals surface area contributed by atoms with Crippen LogP contribution in [0.1, 0.15) is 172 Å². The van der Waals surface area contributed by atoms with Crippen molar-refractivity contribution in [1.82, 2.24) is 19.9 Å². The van der Waals surface area contributed by atoms with Gasteiger partial charge < -0.3 is 18.4 Å². The second-order valence-corrected chi connectivity index (χ2v) is 38.3. The Morgan fingerprint density at radius 2 is 0.787 bits per heavy atom. The molecule has 0 radical (unpaired) electrons. The van der Waals surface area contributed by atoms with Crippen LogP contribution < -0.4 is 35.5 Å². The quantitative estimate of drug-likeness (QED) is 0.0200. The number of nitrogens with two attached hydrogens (primary N) is 3. The minimum Gasteiger partial charge on any atom is -0.343 e. The van der Waals surface area contributed by atoms with E-state index in [1.165, 1.54) is 52.3 Å². The van der Waals surface area contributed by atoms with Crippen LogP contribution in [0.3, 0.4) is 0 Å². The SMILES string of the molecule is CC(C)(C)S(=O)CC(c1ccc(I)cc1)c1ncccc1C(F)(F)F.CC(C)(C)S(=O)N=Cc1ccc(I)cc1.CC(C)(C)S(N)=O.Cc1cccnc1Br.Cl.NC(c1ccc(I)cc1)c1ncccc1C(F)(F)F.NC(c1ccc(I)cc1)c1ncccc1C(F)(F)F.O=Cc1ccc(I)cc1.[CH2-]CCC.[Li+]. The smallest absolute Gasteiger partial charge is 0.343 e. The number of alkyl halides is 9. The summed E-state index contributed by atoms with van der Waals surface area (Å²) >= 11 is 14.1. The largest absolute Gasteiger partial charge is 1.00 e. The number of benzene rings is 5. The van der Waals surface area contributed by atoms with Gasteiger partial charge in [0, 0.05) is 81.6 Å². The van der Waals surface area contributed by atoms with Crippen LogP contribution in [0.5, 0.6) is 0 Å². The van der Waals surface area contributed by atoms with E-state index in [1.807, 2.05) is 130 Å². The molecule has 4 heterocycles. The molecule has 5 aromatic carbocycles. The number of rotatable bonds is 12. The van der Waals surface area contributed by atoms with Crippen LogP contribution in [0.25, 0.3) is 0 Å². The van der Waals surface area contributed by atoms with Gasteiger partial charge in [-0.05, 0) is 329 Å². The van der Waals surface area contributed by atoms with Gasteiger partial charge in [0.2, 0.25) is 0 Å². The fourth-order valence-electron chi connectivity index (χ4n) is 7.65. The van der Waals surface area contributed by atoms with Crippen molar-refractivity contribution in [2.45, 2.75) is 140 Å². The number of nitrogens with zero attached hydrogens (tertiary/aromatic N) is 5. The summed E-state index contributed by atoms with van der Waals surface area (Å²) in [7, 11) is -3.68. The molecular weight excluding hydrogens is 2110 g/mol. The van der Waals surface area contributed by atoms with Crippen molar-refractivity contribution in [3.8, 4) is 0 Å². The van der Waals surface area contributed by atoms with Gasteiger partial charge in [-0.25, -0.2) is 13.4 Å². The van der Waals surface area contributed by atoms with Crippen LogP contribution in [0.4, 0.5) is 39.5 Å². The number of pyridine rings is 4. The zero-order valence-electron chi connectivity index (χ0n) is 61.1. The molecule has 0 aliphatic carbocycles. The van der Waals surface area contributed by atoms with Crippen molar-refractivity contribution in [1.29, 1.82) is 0 Å². The van der Waals surface area contributed by atoms with Crippen LogP contribution >= 0.6 is 141 Å². The summed E-state index contributed by atoms with van der Waals surface area (Å²) in [5, 5.41) is 5.04. The first-order valence-corrected chi connectivity index (χ1v) is 41.7. The Bertz CT molecular complexity index is 4100. The third-order valence-corrected chi connectivity index (χ3v) is 22.7. The average molecular weight is 2200 g/mol. The fourth-order valence-corrected chi connectivity index (χ4v) is 11.4. The third-order valence-electron chi connectivity index (χ3n) is 13.7. The van der Waals surface area contributed by atoms with Crippen molar-refractivity contribution in [2.24, 2.45) is 21.0 Å². The number of hydrogen-bond acceptors (Lipinski definition) is 10. The fraction of sp³-hybridized carbons (Fsp3) is 0.303. The topological polar surface area (TPSA) is 210 Å². The molecule has 0 saturated carbocycles. The van der Waals surface area contributed by atoms with Gasteiger partial charge in [0.05, 0.1) is 66.3 Å². The van der Waals surface area contributed by atoms with Crippen LogP contribution in [0.15, 0.2) is 204 Å². The van der Waals surface area contributed by atoms with Crippen LogP contribution in [-0.4, -0.2) is 65.1 Å². The van der Waals surface area contributed by atoms with Gasteiger partial charge in [0.25, 0.3) is 0 Å². The maximum absolute atomic E-state index is 13.4. The van der Waals surface area contributed by atoms with E-state index in [-0.39, 0.29) is 63.6 Å². The van der Waals surface area contributed by atoms with E-state index in [9.17, 15) is 56.9 Å². The first kappa shape index (κ1) is 105. The summed E-state index contributed by atoms with van der Waals surface area (Å²) in [6.45, 7) is 24.4. The molecule has 6 N–H and O–H groups in total. The molecule has 0 fully saturated rings. The molecule has 0 aliphatic rings. The summed E-state index contributed by atoms with van der Waals surface area (Å²) in [6.07, 6.45) is -2.88. The summed E-state index contributed by atoms with van der Waals surface area (Å²) in [6, 6.07) is 45.5. The van der Waals surface area contributed by atoms with Crippen molar-refractivity contribution in [2.75, 3.05) is 5.75 Å². The monoisotopic (exact) mass is 2200 g/mol. The van der Waals surface area contributed by atoms with E-state index in [0.29, 0.717) is 16.7 Å². The summed E-state index contributed by atoms with van der Waals surface area (Å²) in [5.74, 6) is -0.598. The predicted octanol–water partition coefficient (Wildman–Crippen LogP) is 19.8. The van der Waals surface area contributed by atoms with Crippen LogP contribution in [0.2, 0.25) is 0 Å². The van der Waals surface area contributed by atoms with E-state index < -0.39 is 90.7 Å². The van der Waals surface area contributed by atoms with Crippen LogP contribution in [0, 0.1) is 31.7 Å². The van der Waals surface area contributed by atoms with Crippen molar-refractivity contribution in [3.05, 3.63) is 291 Å². The van der Waals surface area contributed by atoms with Crippen molar-refractivity contribution in [3.63, 3.8) is 0 Å². The molecule has 9 aromatic rings.